The maximum absolute atomic E-state index is 14.9. The molecule has 8 nitrogen and oxygen atoms in total. The fourth-order valence-corrected chi connectivity index (χ4v) is 5.87. The van der Waals surface area contributed by atoms with Crippen molar-refractivity contribution in [3.8, 4) is 34.5 Å². The third-order valence-electron chi connectivity index (χ3n) is 8.02. The number of hydrogen-bond acceptors (Lipinski definition) is 6. The summed E-state index contributed by atoms with van der Waals surface area (Å²) in [4.78, 5) is 18.4. The van der Waals surface area contributed by atoms with Crippen LogP contribution in [0.2, 0.25) is 0 Å². The summed E-state index contributed by atoms with van der Waals surface area (Å²) in [5.74, 6) is -15.0. The van der Waals surface area contributed by atoms with Crippen LogP contribution in [0.1, 0.15) is 5.56 Å². The largest absolute Gasteiger partial charge is 0.262 e. The lowest BCUT2D eigenvalue weighted by atomic mass is 9.99. The lowest BCUT2D eigenvalue weighted by Crippen LogP contribution is -2.04. The molecule has 0 saturated carbocycles. The van der Waals surface area contributed by atoms with Crippen LogP contribution in [0.15, 0.2) is 46.5 Å². The van der Waals surface area contributed by atoms with Crippen LogP contribution in [0.3, 0.4) is 0 Å². The Hall–Kier alpha value is -7.30. The van der Waals surface area contributed by atoms with Gasteiger partial charge in [-0.1, -0.05) is 24.3 Å². The molecule has 0 unspecified atom stereocenters. The van der Waals surface area contributed by atoms with E-state index in [-0.39, 0.29) is 59.9 Å². The first-order chi connectivity index (χ1) is 24.0. The summed E-state index contributed by atoms with van der Waals surface area (Å²) in [6, 6.07) is 7.95. The van der Waals surface area contributed by atoms with Crippen LogP contribution >= 0.6 is 0 Å². The van der Waals surface area contributed by atoms with Crippen LogP contribution in [-0.2, 0) is 0 Å². The topological polar surface area (TPSA) is 107 Å². The fourth-order valence-electron chi connectivity index (χ4n) is 5.87. The van der Waals surface area contributed by atoms with Gasteiger partial charge < -0.3 is 0 Å². The van der Waals surface area contributed by atoms with E-state index in [1.807, 2.05) is 0 Å². The number of nitrogens with zero attached hydrogens (tertiary/aromatic N) is 8. The van der Waals surface area contributed by atoms with E-state index in [9.17, 15) is 40.4 Å². The average Bonchev–Trinajstić information content (AvgIpc) is 3.57. The highest BCUT2D eigenvalue weighted by molar-refractivity contribution is 6.15. The molecule has 0 amide bonds. The number of fused-ring (bicyclic) bond motifs is 6. The molecule has 0 N–H and O–H groups in total. The van der Waals surface area contributed by atoms with Crippen LogP contribution in [0.5, 0.6) is 0 Å². The zero-order valence-electron chi connectivity index (χ0n) is 24.1. The first-order valence-electron chi connectivity index (χ1n) is 13.6. The lowest BCUT2D eigenvalue weighted by Gasteiger charge is -2.09. The molecule has 16 heteroatoms. The molecule has 7 rings (SSSR count). The number of nitriles is 2. The fraction of sp³-hybridized carbons (Fsp3) is 0. The smallest absolute Gasteiger partial charge is 0.241 e. The van der Waals surface area contributed by atoms with Gasteiger partial charge in [0.1, 0.15) is 28.0 Å². The number of halogens is 8. The molecule has 1 aromatic heterocycles. The minimum atomic E-state index is -1.91. The van der Waals surface area contributed by atoms with Gasteiger partial charge in [0.15, 0.2) is 51.9 Å². The molecule has 0 aliphatic rings. The van der Waals surface area contributed by atoms with E-state index in [4.69, 9.17) is 18.4 Å². The van der Waals surface area contributed by atoms with Crippen LogP contribution < -0.4 is 10.7 Å². The summed E-state index contributed by atoms with van der Waals surface area (Å²) in [6.07, 6.45) is 1.58. The van der Waals surface area contributed by atoms with E-state index < -0.39 is 74.5 Å². The van der Waals surface area contributed by atoms with Crippen LogP contribution in [-0.4, -0.2) is 9.97 Å². The van der Waals surface area contributed by atoms with Gasteiger partial charge in [0.05, 0.1) is 33.8 Å². The summed E-state index contributed by atoms with van der Waals surface area (Å²) >= 11 is 0. The lowest BCUT2D eigenvalue weighted by molar-refractivity contribution is 0.454. The van der Waals surface area contributed by atoms with Crippen molar-refractivity contribution < 1.29 is 35.1 Å². The van der Waals surface area contributed by atoms with Crippen molar-refractivity contribution in [3.63, 3.8) is 0 Å². The molecule has 0 saturated heterocycles. The van der Waals surface area contributed by atoms with Gasteiger partial charge in [0.25, 0.3) is 5.69 Å². The third-order valence-corrected chi connectivity index (χ3v) is 8.02. The average molecular weight is 678 g/mol. The summed E-state index contributed by atoms with van der Waals surface area (Å²) < 4.78 is 118. The highest BCUT2D eigenvalue weighted by atomic mass is 19.2. The molecule has 0 spiro atoms. The first kappa shape index (κ1) is 31.3. The maximum atomic E-state index is 14.9. The molecule has 0 radical (unpaired) electrons. The first-order valence-corrected chi connectivity index (χ1v) is 13.6. The molecule has 0 aliphatic heterocycles. The van der Waals surface area contributed by atoms with Gasteiger partial charge in [-0.15, -0.1) is 4.95 Å². The van der Waals surface area contributed by atoms with Crippen molar-refractivity contribution in [3.05, 3.63) is 122 Å². The highest BCUT2D eigenvalue weighted by Gasteiger charge is 2.29. The zero-order valence-corrected chi connectivity index (χ0v) is 24.1. The van der Waals surface area contributed by atoms with E-state index in [0.29, 0.717) is 0 Å². The molecule has 0 aliphatic carbocycles. The molecule has 6 aromatic carbocycles. The van der Waals surface area contributed by atoms with Crippen LogP contribution in [0, 0.1) is 82.5 Å². The molecule has 0 fully saturated rings. The summed E-state index contributed by atoms with van der Waals surface area (Å²) in [5, 5.41) is 22.2. The number of rotatable bonds is 2. The van der Waals surface area contributed by atoms with Gasteiger partial charge in [-0.3, -0.25) is 0 Å². The van der Waals surface area contributed by atoms with Gasteiger partial charge in [0.2, 0.25) is 6.19 Å². The van der Waals surface area contributed by atoms with E-state index in [1.165, 1.54) is 12.1 Å². The molecule has 7 aromatic rings. The number of aromatic nitrogens is 2. The maximum Gasteiger partial charge on any atom is 0.262 e. The Morgan fingerprint density at radius 3 is 1.48 bits per heavy atom. The zero-order chi connectivity index (χ0) is 35.8. The number of hydrogen-bond donors (Lipinski definition) is 0. The highest BCUT2D eigenvalue weighted by Crippen LogP contribution is 2.39. The van der Waals surface area contributed by atoms with E-state index in [2.05, 4.69) is 29.9 Å². The molecule has 238 valence electrons. The summed E-state index contributed by atoms with van der Waals surface area (Å²) in [5.41, 5.74) is -6.00. The quantitative estimate of drug-likeness (QED) is 0.0608. The van der Waals surface area contributed by atoms with Crippen molar-refractivity contribution in [2.75, 3.05) is 0 Å². The Balaban J connectivity index is 1.54. The molecule has 0 atom stereocenters. The van der Waals surface area contributed by atoms with Crippen LogP contribution in [0.25, 0.3) is 75.7 Å². The summed E-state index contributed by atoms with van der Waals surface area (Å²) in [6.45, 7) is 14.2. The number of benzene rings is 4. The van der Waals surface area contributed by atoms with Gasteiger partial charge in [-0.25, -0.2) is 49.9 Å². The Kier molecular flexibility index (Phi) is 6.98. The normalized spacial score (nSPS) is 12.2. The third kappa shape index (κ3) is 4.13. The van der Waals surface area contributed by atoms with Crippen molar-refractivity contribution in [2.24, 2.45) is 10.1 Å². The SMILES string of the molecule is [C-]#[N+]/N=c1\c2cc(-c3c(F)c(F)c([N+]#[C-])c(F)c3F)ccc2c2nc3c(=NC#N)c4cc(-c5c(F)c(F)c(C#N)c(F)c5F)ccc4c3nc12. The van der Waals surface area contributed by atoms with Crippen molar-refractivity contribution >= 4 is 49.3 Å². The Morgan fingerprint density at radius 2 is 1.04 bits per heavy atom. The Bertz CT molecular complexity index is 2760. The molecule has 50 heavy (non-hydrogen) atoms. The second-order valence-electron chi connectivity index (χ2n) is 10.5. The van der Waals surface area contributed by atoms with Gasteiger partial charge in [-0.2, -0.15) is 22.1 Å². The predicted molar refractivity (Wildman–Crippen MR) is 159 cm³/mol. The minimum absolute atomic E-state index is 0.0174. The molecular weight excluding hydrogens is 672 g/mol. The predicted octanol–water partition coefficient (Wildman–Crippen LogP) is 7.95. The van der Waals surface area contributed by atoms with E-state index >= 15 is 0 Å². The summed E-state index contributed by atoms with van der Waals surface area (Å²) in [7, 11) is 0. The molecule has 1 heterocycles. The standard InChI is InChI=1S/C34H6F8N8/c1-45-32-26(41)24(39)19(25(40)27(32)42)12-4-6-14-16(8-12)31(50-46-2)34-30(14)48-33-28(47-10-44)15-7-11(3-5-13(15)29(33)49-34)18-22(37)20(35)17(9-43)21(36)23(18)38/h3-8H/b47-28?,50-31+. The van der Waals surface area contributed by atoms with Gasteiger partial charge in [-0.05, 0) is 23.3 Å². The van der Waals surface area contributed by atoms with Crippen molar-refractivity contribution in [1.29, 1.82) is 10.5 Å². The molecule has 0 bridgehead atoms. The Morgan fingerprint density at radius 1 is 0.580 bits per heavy atom. The van der Waals surface area contributed by atoms with Gasteiger partial charge >= 0.3 is 0 Å². The monoisotopic (exact) mass is 678 g/mol. The minimum Gasteiger partial charge on any atom is -0.241 e. The van der Waals surface area contributed by atoms with Crippen molar-refractivity contribution in [2.45, 2.75) is 0 Å². The van der Waals surface area contributed by atoms with E-state index in [0.717, 1.165) is 30.3 Å². The van der Waals surface area contributed by atoms with Crippen molar-refractivity contribution in [1.82, 2.24) is 9.97 Å². The van der Waals surface area contributed by atoms with E-state index in [1.54, 1.807) is 6.19 Å². The molecular formula is C34H6F8N8. The Labute approximate surface area is 271 Å². The van der Waals surface area contributed by atoms with Crippen LogP contribution in [0.4, 0.5) is 40.8 Å². The second kappa shape index (κ2) is 11.2. The van der Waals surface area contributed by atoms with Gasteiger partial charge in [0, 0.05) is 21.5 Å². The second-order valence-corrected chi connectivity index (χ2v) is 10.5.